The first kappa shape index (κ1) is 28.6. The second-order valence-corrected chi connectivity index (χ2v) is 10.2. The summed E-state index contributed by atoms with van der Waals surface area (Å²) in [4.78, 5) is 41.5. The standard InChI is InChI=1S/C33H33N3O6/c1-21(41-19-22-10-3-2-4-11-22)30(32(38)39)36-31(37)29(18-23-12-9-17-34-23)35-33(40)42-20-28-26-15-7-5-13-24(26)25-14-6-8-16-27(25)28/h2-17,21,28-30,34H,18-20H2,1H3,(H,35,40)(H,36,37)(H,38,39)/t21-,29?,30+/m0/s1. The molecule has 3 atom stereocenters. The van der Waals surface area contributed by atoms with E-state index in [1.165, 1.54) is 0 Å². The van der Waals surface area contributed by atoms with Gasteiger partial charge in [0.05, 0.1) is 12.7 Å². The Morgan fingerprint density at radius 1 is 0.857 bits per heavy atom. The van der Waals surface area contributed by atoms with E-state index in [-0.39, 0.29) is 25.6 Å². The highest BCUT2D eigenvalue weighted by atomic mass is 16.5. The Bertz CT molecular complexity index is 1480. The van der Waals surface area contributed by atoms with Crippen molar-refractivity contribution in [2.75, 3.05) is 6.61 Å². The molecule has 5 rings (SSSR count). The average molecular weight is 568 g/mol. The summed E-state index contributed by atoms with van der Waals surface area (Å²) in [7, 11) is 0. The minimum absolute atomic E-state index is 0.0822. The van der Waals surface area contributed by atoms with Gasteiger partial charge in [0.15, 0.2) is 6.04 Å². The molecule has 0 spiro atoms. The molecule has 9 nitrogen and oxygen atoms in total. The molecular weight excluding hydrogens is 534 g/mol. The fraction of sp³-hybridized carbons (Fsp3) is 0.242. The van der Waals surface area contributed by atoms with Crippen LogP contribution in [0.15, 0.2) is 97.2 Å². The van der Waals surface area contributed by atoms with Gasteiger partial charge in [0.2, 0.25) is 5.91 Å². The summed E-state index contributed by atoms with van der Waals surface area (Å²) in [6.45, 7) is 1.85. The number of fused-ring (bicyclic) bond motifs is 3. The van der Waals surface area contributed by atoms with Crippen LogP contribution in [-0.2, 0) is 32.1 Å². The molecule has 3 aromatic carbocycles. The van der Waals surface area contributed by atoms with Gasteiger partial charge in [0.1, 0.15) is 12.6 Å². The third kappa shape index (κ3) is 6.70. The second-order valence-electron chi connectivity index (χ2n) is 10.2. The lowest BCUT2D eigenvalue weighted by Gasteiger charge is -2.25. The molecule has 216 valence electrons. The fourth-order valence-electron chi connectivity index (χ4n) is 5.24. The number of amides is 2. The van der Waals surface area contributed by atoms with E-state index in [0.717, 1.165) is 27.8 Å². The molecule has 1 aliphatic rings. The van der Waals surface area contributed by atoms with Crippen molar-refractivity contribution in [3.05, 3.63) is 120 Å². The predicted molar refractivity (Wildman–Crippen MR) is 157 cm³/mol. The lowest BCUT2D eigenvalue weighted by molar-refractivity contribution is -0.146. The van der Waals surface area contributed by atoms with E-state index in [4.69, 9.17) is 9.47 Å². The van der Waals surface area contributed by atoms with E-state index < -0.39 is 36.2 Å². The molecule has 4 N–H and O–H groups in total. The summed E-state index contributed by atoms with van der Waals surface area (Å²) >= 11 is 0. The molecule has 0 saturated heterocycles. The highest BCUT2D eigenvalue weighted by Crippen LogP contribution is 2.44. The lowest BCUT2D eigenvalue weighted by Crippen LogP contribution is -2.55. The monoisotopic (exact) mass is 567 g/mol. The van der Waals surface area contributed by atoms with Crippen LogP contribution in [0.2, 0.25) is 0 Å². The molecule has 0 bridgehead atoms. The van der Waals surface area contributed by atoms with Crippen LogP contribution in [0.4, 0.5) is 4.79 Å². The van der Waals surface area contributed by atoms with Gasteiger partial charge in [-0.1, -0.05) is 78.9 Å². The van der Waals surface area contributed by atoms with Crippen molar-refractivity contribution in [3.8, 4) is 11.1 Å². The maximum atomic E-state index is 13.4. The summed E-state index contributed by atoms with van der Waals surface area (Å²) in [6, 6.07) is 26.5. The molecule has 1 aromatic heterocycles. The van der Waals surface area contributed by atoms with Crippen molar-refractivity contribution in [3.63, 3.8) is 0 Å². The number of carboxylic acid groups (broad SMARTS) is 1. The zero-order valence-corrected chi connectivity index (χ0v) is 23.2. The highest BCUT2D eigenvalue weighted by Gasteiger charge is 2.33. The van der Waals surface area contributed by atoms with E-state index in [9.17, 15) is 19.5 Å². The van der Waals surface area contributed by atoms with Crippen LogP contribution in [0.5, 0.6) is 0 Å². The van der Waals surface area contributed by atoms with Crippen molar-refractivity contribution in [2.24, 2.45) is 0 Å². The number of aliphatic carboxylic acids is 1. The normalized spacial score (nSPS) is 14.2. The van der Waals surface area contributed by atoms with E-state index in [1.807, 2.05) is 78.9 Å². The van der Waals surface area contributed by atoms with Gasteiger partial charge in [0.25, 0.3) is 0 Å². The lowest BCUT2D eigenvalue weighted by atomic mass is 9.98. The van der Waals surface area contributed by atoms with Crippen molar-refractivity contribution >= 4 is 18.0 Å². The number of benzene rings is 3. The number of hydrogen-bond acceptors (Lipinski definition) is 5. The topological polar surface area (TPSA) is 130 Å². The predicted octanol–water partition coefficient (Wildman–Crippen LogP) is 4.64. The quantitative estimate of drug-likeness (QED) is 0.197. The minimum atomic E-state index is -1.34. The first-order valence-corrected chi connectivity index (χ1v) is 13.8. The van der Waals surface area contributed by atoms with Crippen LogP contribution < -0.4 is 10.6 Å². The van der Waals surface area contributed by atoms with Gasteiger partial charge < -0.3 is 30.2 Å². The van der Waals surface area contributed by atoms with Crippen molar-refractivity contribution in [1.29, 1.82) is 0 Å². The molecule has 1 unspecified atom stereocenters. The van der Waals surface area contributed by atoms with Gasteiger partial charge in [0, 0.05) is 24.2 Å². The molecule has 0 aliphatic heterocycles. The third-order valence-corrected chi connectivity index (χ3v) is 7.43. The molecule has 0 fully saturated rings. The Balaban J connectivity index is 1.24. The van der Waals surface area contributed by atoms with Crippen molar-refractivity contribution in [1.82, 2.24) is 15.6 Å². The van der Waals surface area contributed by atoms with Crippen molar-refractivity contribution < 1.29 is 29.0 Å². The number of H-pyrrole nitrogens is 1. The number of alkyl carbamates (subject to hydrolysis) is 1. The molecule has 4 aromatic rings. The minimum Gasteiger partial charge on any atom is -0.480 e. The maximum Gasteiger partial charge on any atom is 0.407 e. The van der Waals surface area contributed by atoms with Gasteiger partial charge in [-0.25, -0.2) is 9.59 Å². The zero-order valence-electron chi connectivity index (χ0n) is 23.2. The number of carbonyl (C=O) groups is 3. The molecule has 42 heavy (non-hydrogen) atoms. The molecule has 0 radical (unpaired) electrons. The Hall–Kier alpha value is -4.89. The van der Waals surface area contributed by atoms with E-state index in [0.29, 0.717) is 5.69 Å². The smallest absolute Gasteiger partial charge is 0.407 e. The van der Waals surface area contributed by atoms with E-state index >= 15 is 0 Å². The Kier molecular flexibility index (Phi) is 8.99. The number of rotatable bonds is 12. The molecule has 0 saturated carbocycles. The van der Waals surface area contributed by atoms with Gasteiger partial charge in [-0.15, -0.1) is 0 Å². The molecule has 1 aliphatic carbocycles. The SMILES string of the molecule is C[C@H](OCc1ccccc1)[C@@H](NC(=O)C(Cc1ccc[nH]1)NC(=O)OCC1c2ccccc2-c2ccccc21)C(=O)O. The zero-order chi connectivity index (χ0) is 29.5. The van der Waals surface area contributed by atoms with Crippen LogP contribution >= 0.6 is 0 Å². The summed E-state index contributed by atoms with van der Waals surface area (Å²) in [5.41, 5.74) is 5.92. The number of ether oxygens (including phenoxy) is 2. The molecule has 1 heterocycles. The number of nitrogens with one attached hydrogen (secondary N) is 3. The summed E-state index contributed by atoms with van der Waals surface area (Å²) in [6.07, 6.45) is 0.197. The van der Waals surface area contributed by atoms with Crippen molar-refractivity contribution in [2.45, 2.75) is 44.1 Å². The number of aromatic amines is 1. The highest BCUT2D eigenvalue weighted by molar-refractivity contribution is 5.89. The van der Waals surface area contributed by atoms with E-state index in [2.05, 4.69) is 15.6 Å². The largest absolute Gasteiger partial charge is 0.480 e. The number of aromatic nitrogens is 1. The summed E-state index contributed by atoms with van der Waals surface area (Å²) in [5, 5.41) is 15.0. The maximum absolute atomic E-state index is 13.4. The van der Waals surface area contributed by atoms with Crippen LogP contribution in [0.25, 0.3) is 11.1 Å². The van der Waals surface area contributed by atoms with Crippen LogP contribution in [0, 0.1) is 0 Å². The van der Waals surface area contributed by atoms with Crippen LogP contribution in [0.1, 0.15) is 35.2 Å². The number of carboxylic acids is 1. The molecule has 2 amide bonds. The van der Waals surface area contributed by atoms with Gasteiger partial charge in [-0.05, 0) is 46.9 Å². The molecule has 9 heteroatoms. The second kappa shape index (κ2) is 13.2. The van der Waals surface area contributed by atoms with Gasteiger partial charge in [-0.3, -0.25) is 4.79 Å². The number of carbonyl (C=O) groups excluding carboxylic acids is 2. The van der Waals surface area contributed by atoms with Crippen LogP contribution in [-0.4, -0.2) is 52.9 Å². The Morgan fingerprint density at radius 3 is 2.12 bits per heavy atom. The summed E-state index contributed by atoms with van der Waals surface area (Å²) in [5.74, 6) is -2.05. The fourth-order valence-corrected chi connectivity index (χ4v) is 5.24. The number of hydrogen-bond donors (Lipinski definition) is 4. The summed E-state index contributed by atoms with van der Waals surface area (Å²) < 4.78 is 11.4. The average Bonchev–Trinajstić information content (AvgIpc) is 3.63. The van der Waals surface area contributed by atoms with E-state index in [1.54, 1.807) is 25.3 Å². The first-order valence-electron chi connectivity index (χ1n) is 13.8. The Morgan fingerprint density at radius 2 is 1.50 bits per heavy atom. The van der Waals surface area contributed by atoms with Crippen LogP contribution in [0.3, 0.4) is 0 Å². The van der Waals surface area contributed by atoms with Gasteiger partial charge in [-0.2, -0.15) is 0 Å². The van der Waals surface area contributed by atoms with Gasteiger partial charge >= 0.3 is 12.1 Å². The first-order chi connectivity index (χ1) is 20.4. The molecular formula is C33H33N3O6. The third-order valence-electron chi connectivity index (χ3n) is 7.43. The Labute approximate surface area is 243 Å².